The summed E-state index contributed by atoms with van der Waals surface area (Å²) in [5, 5.41) is 3.60. The van der Waals surface area contributed by atoms with Crippen molar-refractivity contribution in [2.75, 3.05) is 18.7 Å². The summed E-state index contributed by atoms with van der Waals surface area (Å²) in [6.07, 6.45) is 3.34. The smallest absolute Gasteiger partial charge is 0.107 e. The molecule has 1 aromatic rings. The molecule has 1 fully saturated rings. The van der Waals surface area contributed by atoms with Crippen molar-refractivity contribution in [3.05, 3.63) is 23.8 Å². The van der Waals surface area contributed by atoms with Gasteiger partial charge in [0.25, 0.3) is 0 Å². The van der Waals surface area contributed by atoms with E-state index in [4.69, 9.17) is 22.7 Å². The number of methoxy groups -OCH3 is 1. The molecule has 0 saturated heterocycles. The Balaban J connectivity index is 2.25. The van der Waals surface area contributed by atoms with Crippen LogP contribution >= 0.6 is 24.0 Å². The van der Waals surface area contributed by atoms with E-state index in [0.29, 0.717) is 17.1 Å². The van der Waals surface area contributed by atoms with Crippen LogP contribution in [0.4, 0.5) is 5.69 Å². The Morgan fingerprint density at radius 1 is 1.50 bits per heavy atom. The van der Waals surface area contributed by atoms with Gasteiger partial charge in [0.2, 0.25) is 0 Å². The second-order valence-corrected chi connectivity index (χ2v) is 7.01. The number of nitrogens with two attached hydrogens (primary N) is 1. The van der Waals surface area contributed by atoms with Crippen LogP contribution in [-0.2, 0) is 4.74 Å². The molecule has 0 heterocycles. The lowest BCUT2D eigenvalue weighted by Gasteiger charge is -2.51. The van der Waals surface area contributed by atoms with Gasteiger partial charge in [0.15, 0.2) is 0 Å². The maximum Gasteiger partial charge on any atom is 0.107 e. The van der Waals surface area contributed by atoms with Crippen LogP contribution in [0.1, 0.15) is 25.8 Å². The Morgan fingerprint density at radius 3 is 2.70 bits per heavy atom. The Kier molecular flexibility index (Phi) is 4.62. The Bertz CT molecular complexity index is 517. The monoisotopic (exact) mass is 310 g/mol. The first-order chi connectivity index (χ1) is 9.41. The Labute approximate surface area is 130 Å². The van der Waals surface area contributed by atoms with E-state index in [1.807, 2.05) is 24.5 Å². The lowest BCUT2D eigenvalue weighted by atomic mass is 9.64. The minimum absolute atomic E-state index is 0.109. The second kappa shape index (κ2) is 5.92. The summed E-state index contributed by atoms with van der Waals surface area (Å²) in [6.45, 7) is 4.45. The third kappa shape index (κ3) is 2.67. The van der Waals surface area contributed by atoms with Gasteiger partial charge in [0.05, 0.1) is 6.10 Å². The van der Waals surface area contributed by atoms with Gasteiger partial charge in [-0.3, -0.25) is 0 Å². The highest BCUT2D eigenvalue weighted by Crippen LogP contribution is 2.44. The minimum Gasteiger partial charge on any atom is -0.389 e. The number of ether oxygens (including phenoxy) is 1. The molecule has 1 aliphatic carbocycles. The molecule has 20 heavy (non-hydrogen) atoms. The summed E-state index contributed by atoms with van der Waals surface area (Å²) in [7, 11) is 1.78. The van der Waals surface area contributed by atoms with Gasteiger partial charge in [-0.05, 0) is 24.8 Å². The van der Waals surface area contributed by atoms with Crippen LogP contribution in [0.2, 0.25) is 0 Å². The molecule has 2 atom stereocenters. The third-order valence-corrected chi connectivity index (χ3v) is 5.27. The van der Waals surface area contributed by atoms with Crippen molar-refractivity contribution in [3.63, 3.8) is 0 Å². The molecule has 0 aromatic heterocycles. The van der Waals surface area contributed by atoms with Crippen molar-refractivity contribution in [3.8, 4) is 0 Å². The average Bonchev–Trinajstić information content (AvgIpc) is 2.42. The number of anilines is 1. The van der Waals surface area contributed by atoms with E-state index >= 15 is 0 Å². The zero-order valence-corrected chi connectivity index (χ0v) is 14.0. The molecule has 3 nitrogen and oxygen atoms in total. The molecule has 1 saturated carbocycles. The van der Waals surface area contributed by atoms with E-state index in [2.05, 4.69) is 19.2 Å². The number of hydrogen-bond acceptors (Lipinski definition) is 4. The predicted octanol–water partition coefficient (Wildman–Crippen LogP) is 3.27. The first-order valence-corrected chi connectivity index (χ1v) is 8.31. The summed E-state index contributed by atoms with van der Waals surface area (Å²) < 4.78 is 5.50. The van der Waals surface area contributed by atoms with E-state index in [0.717, 1.165) is 22.6 Å². The molecule has 0 spiro atoms. The Morgan fingerprint density at radius 2 is 2.20 bits per heavy atom. The van der Waals surface area contributed by atoms with E-state index in [9.17, 15) is 0 Å². The first kappa shape index (κ1) is 15.6. The average molecular weight is 310 g/mol. The van der Waals surface area contributed by atoms with Gasteiger partial charge >= 0.3 is 0 Å². The summed E-state index contributed by atoms with van der Waals surface area (Å²) in [5.41, 5.74) is 7.98. The van der Waals surface area contributed by atoms with Gasteiger partial charge in [0.1, 0.15) is 4.99 Å². The molecular formula is C15H22N2OS2. The summed E-state index contributed by atoms with van der Waals surface area (Å²) in [4.78, 5) is 1.56. The van der Waals surface area contributed by atoms with Crippen LogP contribution in [0.15, 0.2) is 23.1 Å². The molecule has 1 aliphatic rings. The van der Waals surface area contributed by atoms with Crippen molar-refractivity contribution < 1.29 is 4.74 Å². The minimum atomic E-state index is 0.109. The van der Waals surface area contributed by atoms with E-state index < -0.39 is 0 Å². The first-order valence-electron chi connectivity index (χ1n) is 6.68. The van der Waals surface area contributed by atoms with Crippen molar-refractivity contribution >= 4 is 34.7 Å². The van der Waals surface area contributed by atoms with Crippen LogP contribution in [0, 0.1) is 5.41 Å². The molecule has 2 rings (SSSR count). The molecule has 110 valence electrons. The zero-order chi connectivity index (χ0) is 14.9. The second-order valence-electron chi connectivity index (χ2n) is 5.73. The van der Waals surface area contributed by atoms with Gasteiger partial charge < -0.3 is 15.8 Å². The molecule has 0 amide bonds. The zero-order valence-electron chi connectivity index (χ0n) is 12.4. The van der Waals surface area contributed by atoms with Crippen LogP contribution in [0.3, 0.4) is 0 Å². The topological polar surface area (TPSA) is 47.3 Å². The number of thiocarbonyl (C=S) groups is 1. The maximum atomic E-state index is 5.90. The highest BCUT2D eigenvalue weighted by atomic mass is 32.2. The number of thioether (sulfide) groups is 1. The lowest BCUT2D eigenvalue weighted by molar-refractivity contribution is -0.0794. The van der Waals surface area contributed by atoms with Crippen molar-refractivity contribution in [1.82, 2.24) is 0 Å². The van der Waals surface area contributed by atoms with E-state index in [1.165, 1.54) is 0 Å². The summed E-state index contributed by atoms with van der Waals surface area (Å²) >= 11 is 6.88. The normalized spacial score (nSPS) is 24.0. The molecule has 0 bridgehead atoms. The Hall–Kier alpha value is -0.780. The van der Waals surface area contributed by atoms with Gasteiger partial charge in [-0.2, -0.15) is 0 Å². The highest BCUT2D eigenvalue weighted by molar-refractivity contribution is 7.98. The fraction of sp³-hybridized carbons (Fsp3) is 0.533. The maximum absolute atomic E-state index is 5.90. The summed E-state index contributed by atoms with van der Waals surface area (Å²) in [5.74, 6) is 0. The fourth-order valence-electron chi connectivity index (χ4n) is 2.79. The molecule has 0 radical (unpaired) electrons. The lowest BCUT2D eigenvalue weighted by Crippen LogP contribution is -2.57. The van der Waals surface area contributed by atoms with Crippen LogP contribution in [-0.4, -0.2) is 30.5 Å². The van der Waals surface area contributed by atoms with Gasteiger partial charge in [-0.15, -0.1) is 11.8 Å². The molecule has 1 aromatic carbocycles. The number of nitrogens with one attached hydrogen (secondary N) is 1. The quantitative estimate of drug-likeness (QED) is 0.646. The molecule has 0 aliphatic heterocycles. The van der Waals surface area contributed by atoms with Crippen LogP contribution in [0.5, 0.6) is 0 Å². The van der Waals surface area contributed by atoms with Crippen LogP contribution < -0.4 is 11.1 Å². The molecule has 2 unspecified atom stereocenters. The van der Waals surface area contributed by atoms with Gasteiger partial charge in [-0.1, -0.05) is 32.1 Å². The standard InChI is InChI=1S/C15H22N2OS2/c1-15(2)11(8-12(15)18-3)17-9-6-5-7-10(20-4)13(9)14(16)19/h5-7,11-12,17H,8H2,1-4H3,(H2,16,19). The summed E-state index contributed by atoms with van der Waals surface area (Å²) in [6, 6.07) is 6.51. The largest absolute Gasteiger partial charge is 0.389 e. The molecule has 3 N–H and O–H groups in total. The van der Waals surface area contributed by atoms with Gasteiger partial charge in [0, 0.05) is 34.7 Å². The predicted molar refractivity (Wildman–Crippen MR) is 90.7 cm³/mol. The van der Waals surface area contributed by atoms with E-state index in [1.54, 1.807) is 18.9 Å². The number of benzene rings is 1. The van der Waals surface area contributed by atoms with Crippen LogP contribution in [0.25, 0.3) is 0 Å². The van der Waals surface area contributed by atoms with E-state index in [-0.39, 0.29) is 5.41 Å². The van der Waals surface area contributed by atoms with Crippen molar-refractivity contribution in [2.24, 2.45) is 11.1 Å². The highest BCUT2D eigenvalue weighted by Gasteiger charge is 2.48. The number of rotatable bonds is 5. The van der Waals surface area contributed by atoms with Crippen molar-refractivity contribution in [2.45, 2.75) is 37.3 Å². The molecule has 5 heteroatoms. The SMILES string of the molecule is COC1CC(Nc2cccc(SC)c2C(N)=S)C1(C)C. The fourth-order valence-corrected chi connectivity index (χ4v) is 3.72. The number of hydrogen-bond donors (Lipinski definition) is 2. The molecular weight excluding hydrogens is 288 g/mol. The third-order valence-electron chi connectivity index (χ3n) is 4.28. The van der Waals surface area contributed by atoms with Gasteiger partial charge in [-0.25, -0.2) is 0 Å². The van der Waals surface area contributed by atoms with Crippen molar-refractivity contribution in [1.29, 1.82) is 0 Å².